The Morgan fingerprint density at radius 3 is 2.57 bits per heavy atom. The Labute approximate surface area is 86.0 Å². The smallest absolute Gasteiger partial charge is 0.0753 e. The lowest BCUT2D eigenvalue weighted by atomic mass is 10.0. The van der Waals surface area contributed by atoms with Gasteiger partial charge >= 0.3 is 0 Å². The van der Waals surface area contributed by atoms with E-state index in [0.717, 1.165) is 26.2 Å². The molecule has 0 aromatic carbocycles. The zero-order chi connectivity index (χ0) is 10.2. The number of nitrogens with zero attached hydrogens (tertiary/aromatic N) is 1. The molecule has 0 aromatic heterocycles. The highest BCUT2D eigenvalue weighted by Gasteiger charge is 2.44. The Balaban J connectivity index is 1.86. The quantitative estimate of drug-likeness (QED) is 0.732. The van der Waals surface area contributed by atoms with Crippen LogP contribution in [0.2, 0.25) is 0 Å². The zero-order valence-electron chi connectivity index (χ0n) is 9.25. The maximum Gasteiger partial charge on any atom is 0.0753 e. The molecule has 3 heteroatoms. The Bertz CT molecular complexity index is 211. The van der Waals surface area contributed by atoms with E-state index in [1.165, 1.54) is 12.8 Å². The summed E-state index contributed by atoms with van der Waals surface area (Å²) < 4.78 is 5.66. The van der Waals surface area contributed by atoms with Crippen molar-refractivity contribution in [2.45, 2.75) is 32.3 Å². The van der Waals surface area contributed by atoms with Crippen LogP contribution < -0.4 is 0 Å². The summed E-state index contributed by atoms with van der Waals surface area (Å²) in [6.07, 6.45) is 2.39. The summed E-state index contributed by atoms with van der Waals surface area (Å²) in [4.78, 5) is 2.44. The summed E-state index contributed by atoms with van der Waals surface area (Å²) in [7, 11) is 0. The zero-order valence-corrected chi connectivity index (χ0v) is 9.25. The van der Waals surface area contributed by atoms with E-state index in [-0.39, 0.29) is 11.0 Å². The first kappa shape index (κ1) is 10.4. The standard InChI is InChI=1S/C11H21NO2/c1-10(2)7-12(5-6-14-10)8-11(9-13)3-4-11/h13H,3-9H2,1-2H3. The summed E-state index contributed by atoms with van der Waals surface area (Å²) in [5.74, 6) is 0. The summed E-state index contributed by atoms with van der Waals surface area (Å²) >= 11 is 0. The van der Waals surface area contributed by atoms with Gasteiger partial charge in [-0.3, -0.25) is 4.90 Å². The number of aliphatic hydroxyl groups is 1. The van der Waals surface area contributed by atoms with Crippen molar-refractivity contribution in [3.05, 3.63) is 0 Å². The summed E-state index contributed by atoms with van der Waals surface area (Å²) in [5.41, 5.74) is 0.233. The molecule has 2 aliphatic rings. The lowest BCUT2D eigenvalue weighted by molar-refractivity contribution is -0.0914. The van der Waals surface area contributed by atoms with Crippen molar-refractivity contribution in [2.75, 3.05) is 32.8 Å². The summed E-state index contributed by atoms with van der Waals surface area (Å²) in [6, 6.07) is 0. The largest absolute Gasteiger partial charge is 0.396 e. The van der Waals surface area contributed by atoms with E-state index < -0.39 is 0 Å². The first-order valence-electron chi connectivity index (χ1n) is 5.53. The maximum absolute atomic E-state index is 9.26. The van der Waals surface area contributed by atoms with Crippen LogP contribution >= 0.6 is 0 Å². The van der Waals surface area contributed by atoms with Crippen LogP contribution in [0.25, 0.3) is 0 Å². The monoisotopic (exact) mass is 199 g/mol. The van der Waals surface area contributed by atoms with Gasteiger partial charge in [-0.25, -0.2) is 0 Å². The summed E-state index contributed by atoms with van der Waals surface area (Å²) in [5, 5.41) is 9.26. The molecule has 0 radical (unpaired) electrons. The second-order valence-corrected chi connectivity index (χ2v) is 5.48. The van der Waals surface area contributed by atoms with E-state index in [9.17, 15) is 5.11 Å². The van der Waals surface area contributed by atoms with Gasteiger partial charge in [-0.15, -0.1) is 0 Å². The lowest BCUT2D eigenvalue weighted by Gasteiger charge is -2.39. The molecule has 1 saturated heterocycles. The molecular weight excluding hydrogens is 178 g/mol. The van der Waals surface area contributed by atoms with E-state index in [1.807, 2.05) is 0 Å². The van der Waals surface area contributed by atoms with Gasteiger partial charge in [-0.05, 0) is 26.7 Å². The maximum atomic E-state index is 9.26. The normalized spacial score (nSPS) is 30.2. The van der Waals surface area contributed by atoms with Crippen molar-refractivity contribution in [3.8, 4) is 0 Å². The minimum Gasteiger partial charge on any atom is -0.396 e. The molecule has 0 atom stereocenters. The number of aliphatic hydroxyl groups excluding tert-OH is 1. The number of hydrogen-bond acceptors (Lipinski definition) is 3. The van der Waals surface area contributed by atoms with Crippen molar-refractivity contribution in [1.82, 2.24) is 4.90 Å². The Hall–Kier alpha value is -0.120. The van der Waals surface area contributed by atoms with Gasteiger partial charge in [0, 0.05) is 31.7 Å². The van der Waals surface area contributed by atoms with Gasteiger partial charge in [0.05, 0.1) is 12.2 Å². The van der Waals surface area contributed by atoms with Gasteiger partial charge in [-0.2, -0.15) is 0 Å². The highest BCUT2D eigenvalue weighted by Crippen LogP contribution is 2.45. The van der Waals surface area contributed by atoms with E-state index >= 15 is 0 Å². The molecule has 0 amide bonds. The molecule has 1 saturated carbocycles. The Kier molecular flexibility index (Phi) is 2.58. The fourth-order valence-corrected chi connectivity index (χ4v) is 2.27. The third kappa shape index (κ3) is 2.27. The van der Waals surface area contributed by atoms with Crippen molar-refractivity contribution >= 4 is 0 Å². The van der Waals surface area contributed by atoms with Gasteiger partial charge in [0.15, 0.2) is 0 Å². The predicted octanol–water partition coefficient (Wildman–Crippen LogP) is 0.870. The van der Waals surface area contributed by atoms with Crippen LogP contribution in [0, 0.1) is 5.41 Å². The van der Waals surface area contributed by atoms with Crippen molar-refractivity contribution in [3.63, 3.8) is 0 Å². The van der Waals surface area contributed by atoms with E-state index in [4.69, 9.17) is 4.74 Å². The van der Waals surface area contributed by atoms with Crippen LogP contribution in [0.3, 0.4) is 0 Å². The molecule has 2 fully saturated rings. The number of ether oxygens (including phenoxy) is 1. The van der Waals surface area contributed by atoms with Gasteiger partial charge < -0.3 is 9.84 Å². The molecule has 1 heterocycles. The van der Waals surface area contributed by atoms with Crippen LogP contribution in [0.4, 0.5) is 0 Å². The molecular formula is C11H21NO2. The topological polar surface area (TPSA) is 32.7 Å². The lowest BCUT2D eigenvalue weighted by Crippen LogP contribution is -2.50. The molecule has 0 unspecified atom stereocenters. The van der Waals surface area contributed by atoms with Gasteiger partial charge in [0.2, 0.25) is 0 Å². The molecule has 0 bridgehead atoms. The third-order valence-corrected chi connectivity index (χ3v) is 3.36. The molecule has 1 aliphatic carbocycles. The highest BCUT2D eigenvalue weighted by atomic mass is 16.5. The van der Waals surface area contributed by atoms with Gasteiger partial charge in [-0.1, -0.05) is 0 Å². The average molecular weight is 199 g/mol. The van der Waals surface area contributed by atoms with Crippen molar-refractivity contribution in [2.24, 2.45) is 5.41 Å². The molecule has 2 rings (SSSR count). The SMILES string of the molecule is CC1(C)CN(CC2(CO)CC2)CCO1. The number of rotatable bonds is 3. The molecule has 0 spiro atoms. The number of hydrogen-bond donors (Lipinski definition) is 1. The van der Waals surface area contributed by atoms with Crippen LogP contribution in [-0.4, -0.2) is 48.5 Å². The third-order valence-electron chi connectivity index (χ3n) is 3.36. The van der Waals surface area contributed by atoms with Crippen LogP contribution in [0.5, 0.6) is 0 Å². The van der Waals surface area contributed by atoms with Gasteiger partial charge in [0.1, 0.15) is 0 Å². The summed E-state index contributed by atoms with van der Waals surface area (Å²) in [6.45, 7) is 8.52. The molecule has 1 aliphatic heterocycles. The first-order valence-corrected chi connectivity index (χ1v) is 5.53. The molecule has 1 N–H and O–H groups in total. The van der Waals surface area contributed by atoms with Crippen molar-refractivity contribution < 1.29 is 9.84 Å². The minimum absolute atomic E-state index is 0.0101. The van der Waals surface area contributed by atoms with E-state index in [0.29, 0.717) is 6.61 Å². The van der Waals surface area contributed by atoms with Crippen LogP contribution in [0.15, 0.2) is 0 Å². The second kappa shape index (κ2) is 3.47. The average Bonchev–Trinajstić information content (AvgIpc) is 2.84. The van der Waals surface area contributed by atoms with E-state index in [2.05, 4.69) is 18.7 Å². The van der Waals surface area contributed by atoms with Crippen LogP contribution in [0.1, 0.15) is 26.7 Å². The van der Waals surface area contributed by atoms with Crippen LogP contribution in [-0.2, 0) is 4.74 Å². The Morgan fingerprint density at radius 2 is 2.07 bits per heavy atom. The molecule has 3 nitrogen and oxygen atoms in total. The second-order valence-electron chi connectivity index (χ2n) is 5.48. The fourth-order valence-electron chi connectivity index (χ4n) is 2.27. The molecule has 14 heavy (non-hydrogen) atoms. The Morgan fingerprint density at radius 1 is 1.36 bits per heavy atom. The van der Waals surface area contributed by atoms with E-state index in [1.54, 1.807) is 0 Å². The molecule has 82 valence electrons. The first-order chi connectivity index (χ1) is 6.55. The van der Waals surface area contributed by atoms with Gasteiger partial charge in [0.25, 0.3) is 0 Å². The predicted molar refractivity (Wildman–Crippen MR) is 55.2 cm³/mol. The van der Waals surface area contributed by atoms with Crippen molar-refractivity contribution in [1.29, 1.82) is 0 Å². The number of morpholine rings is 1. The minimum atomic E-state index is -0.0101. The molecule has 0 aromatic rings. The highest BCUT2D eigenvalue weighted by molar-refractivity contribution is 4.96. The fraction of sp³-hybridized carbons (Fsp3) is 1.00.